The minimum atomic E-state index is -0.400. The summed E-state index contributed by atoms with van der Waals surface area (Å²) in [6.45, 7) is 1.21. The van der Waals surface area contributed by atoms with Gasteiger partial charge < -0.3 is 5.32 Å². The van der Waals surface area contributed by atoms with Gasteiger partial charge in [0.2, 0.25) is 0 Å². The van der Waals surface area contributed by atoms with E-state index in [-0.39, 0.29) is 10.3 Å². The maximum absolute atomic E-state index is 11.1. The van der Waals surface area contributed by atoms with E-state index in [1.54, 1.807) is 38.5 Å². The third kappa shape index (κ3) is 3.87. The lowest BCUT2D eigenvalue weighted by molar-refractivity contribution is -1.07. The third-order valence-electron chi connectivity index (χ3n) is 3.14. The summed E-state index contributed by atoms with van der Waals surface area (Å²) in [7, 11) is 3.40. The molecule has 0 spiro atoms. The van der Waals surface area contributed by atoms with Gasteiger partial charge in [0.15, 0.2) is 0 Å². The molecule has 0 aliphatic heterocycles. The number of fused-ring (bicyclic) bond motifs is 1. The molecule has 1 aromatic heterocycles. The molecule has 1 heterocycles. The molecule has 7 heteroatoms. The van der Waals surface area contributed by atoms with Crippen LogP contribution in [0.15, 0.2) is 30.5 Å². The molecule has 0 aliphatic rings. The van der Waals surface area contributed by atoms with Crippen LogP contribution in [-0.2, 0) is 0 Å². The van der Waals surface area contributed by atoms with Gasteiger partial charge in [-0.15, -0.1) is 0 Å². The van der Waals surface area contributed by atoms with Crippen LogP contribution in [0.5, 0.6) is 0 Å². The summed E-state index contributed by atoms with van der Waals surface area (Å²) in [5.74, 6) is 0. The molecule has 112 valence electrons. The van der Waals surface area contributed by atoms with Crippen molar-refractivity contribution in [3.05, 3.63) is 40.6 Å². The van der Waals surface area contributed by atoms with E-state index in [2.05, 4.69) is 10.3 Å². The van der Waals surface area contributed by atoms with E-state index in [0.717, 1.165) is 6.42 Å². The van der Waals surface area contributed by atoms with Gasteiger partial charge in [0.25, 0.3) is 5.69 Å². The number of pyridine rings is 1. The van der Waals surface area contributed by atoms with Crippen LogP contribution in [0, 0.1) is 10.1 Å². The summed E-state index contributed by atoms with van der Waals surface area (Å²) in [5.41, 5.74) is 1.32. The van der Waals surface area contributed by atoms with Gasteiger partial charge in [0.1, 0.15) is 11.9 Å². The largest absolute Gasteiger partial charge is 0.384 e. The highest BCUT2D eigenvalue weighted by Crippen LogP contribution is 2.30. The molecule has 0 saturated carbocycles. The standard InChI is InChI=1S/C14H19N4O3/c1-18(2,21)10-4-8-15-12-7-9-16-11-5-3-6-13(14(11)12)17(19)20/h3,5-7,9,21H,4,8,10H2,1-2H3,(H,15,16)/q+1. The van der Waals surface area contributed by atoms with Gasteiger partial charge in [-0.2, -0.15) is 4.65 Å². The number of non-ortho nitro benzene ring substituents is 1. The summed E-state index contributed by atoms with van der Waals surface area (Å²) in [4.78, 5) is 14.9. The average Bonchev–Trinajstić information content (AvgIpc) is 2.41. The number of aromatic nitrogens is 1. The molecule has 0 atom stereocenters. The van der Waals surface area contributed by atoms with Crippen molar-refractivity contribution in [3.63, 3.8) is 0 Å². The molecule has 0 fully saturated rings. The average molecular weight is 291 g/mol. The van der Waals surface area contributed by atoms with Gasteiger partial charge in [-0.25, -0.2) is 5.21 Å². The Hall–Kier alpha value is -2.25. The smallest absolute Gasteiger partial charge is 0.280 e. The molecule has 2 aromatic rings. The van der Waals surface area contributed by atoms with Crippen LogP contribution in [0.4, 0.5) is 11.4 Å². The Kier molecular flexibility index (Phi) is 4.35. The Labute approximate surface area is 122 Å². The van der Waals surface area contributed by atoms with Crippen molar-refractivity contribution in [1.82, 2.24) is 4.98 Å². The number of nitro benzene ring substituents is 1. The number of quaternary nitrogens is 1. The van der Waals surface area contributed by atoms with Crippen molar-refractivity contribution < 1.29 is 14.8 Å². The summed E-state index contributed by atoms with van der Waals surface area (Å²) >= 11 is 0. The van der Waals surface area contributed by atoms with Crippen LogP contribution in [-0.4, -0.2) is 46.9 Å². The fraction of sp³-hybridized carbons (Fsp3) is 0.357. The Morgan fingerprint density at radius 2 is 2.14 bits per heavy atom. The topological polar surface area (TPSA) is 88.3 Å². The normalized spacial score (nSPS) is 11.6. The van der Waals surface area contributed by atoms with Crippen molar-refractivity contribution >= 4 is 22.3 Å². The molecule has 0 unspecified atom stereocenters. The van der Waals surface area contributed by atoms with E-state index in [1.165, 1.54) is 6.07 Å². The second-order valence-corrected chi connectivity index (χ2v) is 5.41. The summed E-state index contributed by atoms with van der Waals surface area (Å²) in [6.07, 6.45) is 2.37. The zero-order valence-electron chi connectivity index (χ0n) is 12.1. The maximum atomic E-state index is 11.1. The molecule has 0 bridgehead atoms. The Morgan fingerprint density at radius 3 is 2.81 bits per heavy atom. The van der Waals surface area contributed by atoms with E-state index >= 15 is 0 Å². The van der Waals surface area contributed by atoms with E-state index in [9.17, 15) is 15.3 Å². The molecule has 21 heavy (non-hydrogen) atoms. The van der Waals surface area contributed by atoms with Gasteiger partial charge in [-0.1, -0.05) is 6.07 Å². The number of hydrogen-bond donors (Lipinski definition) is 2. The van der Waals surface area contributed by atoms with Crippen molar-refractivity contribution in [2.24, 2.45) is 0 Å². The molecular weight excluding hydrogens is 272 g/mol. The molecule has 1 aromatic carbocycles. The van der Waals surface area contributed by atoms with Gasteiger partial charge >= 0.3 is 0 Å². The van der Waals surface area contributed by atoms with Crippen LogP contribution in [0.25, 0.3) is 10.9 Å². The van der Waals surface area contributed by atoms with E-state index in [4.69, 9.17) is 0 Å². The van der Waals surface area contributed by atoms with Crippen molar-refractivity contribution in [1.29, 1.82) is 0 Å². The highest BCUT2D eigenvalue weighted by atomic mass is 16.6. The molecule has 7 nitrogen and oxygen atoms in total. The van der Waals surface area contributed by atoms with Crippen LogP contribution in [0.3, 0.4) is 0 Å². The molecule has 2 rings (SSSR count). The molecule has 2 N–H and O–H groups in total. The minimum Gasteiger partial charge on any atom is -0.384 e. The lowest BCUT2D eigenvalue weighted by Gasteiger charge is -2.19. The minimum absolute atomic E-state index is 0.0429. The SMILES string of the molecule is C[N+](C)(O)CCCNc1ccnc2cccc([N+](=O)[O-])c12. The summed E-state index contributed by atoms with van der Waals surface area (Å²) in [5, 5.41) is 24.5. The van der Waals surface area contributed by atoms with Crippen LogP contribution in [0.2, 0.25) is 0 Å². The first-order chi connectivity index (χ1) is 9.88. The number of nitro groups is 1. The van der Waals surface area contributed by atoms with Gasteiger partial charge in [0.05, 0.1) is 30.2 Å². The summed E-state index contributed by atoms with van der Waals surface area (Å²) < 4.78 is -0.0983. The Bertz CT molecular complexity index is 647. The van der Waals surface area contributed by atoms with Crippen LogP contribution < -0.4 is 5.32 Å². The quantitative estimate of drug-likeness (QED) is 0.369. The van der Waals surface area contributed by atoms with Crippen molar-refractivity contribution in [2.75, 3.05) is 32.5 Å². The monoisotopic (exact) mass is 291 g/mol. The molecule has 0 amide bonds. The fourth-order valence-electron chi connectivity index (χ4n) is 2.18. The predicted octanol–water partition coefficient (Wildman–Crippen LogP) is 2.41. The zero-order valence-corrected chi connectivity index (χ0v) is 12.1. The lowest BCUT2D eigenvalue weighted by Crippen LogP contribution is -2.36. The van der Waals surface area contributed by atoms with Crippen molar-refractivity contribution in [2.45, 2.75) is 6.42 Å². The first kappa shape index (κ1) is 15.1. The van der Waals surface area contributed by atoms with E-state index in [1.807, 2.05) is 0 Å². The summed E-state index contributed by atoms with van der Waals surface area (Å²) in [6, 6.07) is 6.58. The van der Waals surface area contributed by atoms with Gasteiger partial charge in [-0.3, -0.25) is 15.1 Å². The number of nitrogens with one attached hydrogen (secondary N) is 1. The third-order valence-corrected chi connectivity index (χ3v) is 3.14. The second-order valence-electron chi connectivity index (χ2n) is 5.41. The van der Waals surface area contributed by atoms with Crippen LogP contribution in [0.1, 0.15) is 6.42 Å². The predicted molar refractivity (Wildman–Crippen MR) is 80.3 cm³/mol. The number of rotatable bonds is 6. The van der Waals surface area contributed by atoms with Crippen LogP contribution >= 0.6 is 0 Å². The van der Waals surface area contributed by atoms with E-state index in [0.29, 0.717) is 29.7 Å². The molecular formula is C14H19N4O3+. The lowest BCUT2D eigenvalue weighted by atomic mass is 10.1. The van der Waals surface area contributed by atoms with Gasteiger partial charge in [-0.05, 0) is 12.1 Å². The Morgan fingerprint density at radius 1 is 1.38 bits per heavy atom. The number of anilines is 1. The maximum Gasteiger partial charge on any atom is 0.280 e. The second kappa shape index (κ2) is 6.02. The van der Waals surface area contributed by atoms with E-state index < -0.39 is 4.92 Å². The number of nitrogens with zero attached hydrogens (tertiary/aromatic N) is 3. The highest BCUT2D eigenvalue weighted by molar-refractivity contribution is 5.98. The number of hydroxylamine groups is 3. The van der Waals surface area contributed by atoms with Crippen molar-refractivity contribution in [3.8, 4) is 0 Å². The molecule has 0 saturated heterocycles. The number of benzene rings is 1. The molecule has 0 radical (unpaired) electrons. The Balaban J connectivity index is 2.22. The number of hydrogen-bond acceptors (Lipinski definition) is 5. The fourth-order valence-corrected chi connectivity index (χ4v) is 2.18. The highest BCUT2D eigenvalue weighted by Gasteiger charge is 2.16. The first-order valence-corrected chi connectivity index (χ1v) is 6.70. The first-order valence-electron chi connectivity index (χ1n) is 6.70. The molecule has 0 aliphatic carbocycles. The van der Waals surface area contributed by atoms with Gasteiger partial charge in [0, 0.05) is 25.2 Å². The zero-order chi connectivity index (χ0) is 15.5.